The molecule has 140 valence electrons. The van der Waals surface area contributed by atoms with Crippen LogP contribution < -0.4 is 10.9 Å². The number of nitrogens with one attached hydrogen (secondary N) is 2. The topological polar surface area (TPSA) is 75.1 Å². The van der Waals surface area contributed by atoms with Gasteiger partial charge in [-0.25, -0.2) is 9.50 Å². The zero-order valence-electron chi connectivity index (χ0n) is 15.2. The van der Waals surface area contributed by atoms with Crippen LogP contribution >= 0.6 is 23.7 Å². The summed E-state index contributed by atoms with van der Waals surface area (Å²) in [7, 11) is 0. The van der Waals surface area contributed by atoms with Gasteiger partial charge in [0.05, 0.1) is 23.1 Å². The monoisotopic (exact) mass is 393 g/mol. The second-order valence-electron chi connectivity index (χ2n) is 7.69. The number of halogens is 1. The summed E-state index contributed by atoms with van der Waals surface area (Å²) < 4.78 is 1.89. The van der Waals surface area contributed by atoms with Crippen LogP contribution in [0.1, 0.15) is 50.9 Å². The largest absolute Gasteiger partial charge is 0.317 e. The molecule has 0 radical (unpaired) electrons. The summed E-state index contributed by atoms with van der Waals surface area (Å²) in [5.41, 5.74) is 3.63. The van der Waals surface area contributed by atoms with Gasteiger partial charge in [-0.05, 0) is 25.9 Å². The van der Waals surface area contributed by atoms with Crippen molar-refractivity contribution in [2.75, 3.05) is 13.1 Å². The molecule has 0 bridgehead atoms. The van der Waals surface area contributed by atoms with E-state index in [1.54, 1.807) is 17.4 Å². The van der Waals surface area contributed by atoms with Crippen molar-refractivity contribution >= 4 is 29.4 Å². The standard InChI is InChI=1S/C18H23N5OS.ClH/c1-18(2,3)14-10-25-17(21-14)12-9-20-23-13(8-15(24)22-16(12)23)11-4-6-19-7-5-11;/h8-11,19H,4-7H2,1-3H3,(H,22,24);1H. The molecule has 1 saturated heterocycles. The van der Waals surface area contributed by atoms with Gasteiger partial charge in [-0.2, -0.15) is 5.10 Å². The van der Waals surface area contributed by atoms with Crippen molar-refractivity contribution in [1.82, 2.24) is 24.9 Å². The predicted molar refractivity (Wildman–Crippen MR) is 108 cm³/mol. The minimum atomic E-state index is -0.0737. The van der Waals surface area contributed by atoms with E-state index in [2.05, 4.69) is 41.6 Å². The highest BCUT2D eigenvalue weighted by molar-refractivity contribution is 7.13. The maximum Gasteiger partial charge on any atom is 0.251 e. The molecule has 0 atom stereocenters. The minimum Gasteiger partial charge on any atom is -0.317 e. The average molecular weight is 394 g/mol. The first-order chi connectivity index (χ1) is 11.9. The van der Waals surface area contributed by atoms with Crippen molar-refractivity contribution in [3.63, 3.8) is 0 Å². The molecule has 0 aromatic carbocycles. The van der Waals surface area contributed by atoms with Crippen molar-refractivity contribution < 1.29 is 0 Å². The Morgan fingerprint density at radius 1 is 1.27 bits per heavy atom. The number of aromatic nitrogens is 4. The number of rotatable bonds is 2. The third kappa shape index (κ3) is 3.43. The van der Waals surface area contributed by atoms with Gasteiger partial charge in [0.25, 0.3) is 5.56 Å². The van der Waals surface area contributed by atoms with E-state index < -0.39 is 0 Å². The molecule has 0 unspecified atom stereocenters. The van der Waals surface area contributed by atoms with Crippen LogP contribution in [0.25, 0.3) is 16.2 Å². The van der Waals surface area contributed by atoms with E-state index in [-0.39, 0.29) is 23.4 Å². The van der Waals surface area contributed by atoms with Crippen LogP contribution in [0.2, 0.25) is 0 Å². The first-order valence-corrected chi connectivity index (χ1v) is 9.59. The summed E-state index contributed by atoms with van der Waals surface area (Å²) >= 11 is 1.60. The molecule has 1 fully saturated rings. The molecular weight excluding hydrogens is 370 g/mol. The van der Waals surface area contributed by atoms with Crippen molar-refractivity contribution in [1.29, 1.82) is 0 Å². The number of aromatic amines is 1. The number of nitrogens with zero attached hydrogens (tertiary/aromatic N) is 3. The van der Waals surface area contributed by atoms with Crippen LogP contribution in [-0.2, 0) is 5.41 Å². The third-order valence-electron chi connectivity index (χ3n) is 4.79. The van der Waals surface area contributed by atoms with Gasteiger partial charge in [-0.1, -0.05) is 20.8 Å². The quantitative estimate of drug-likeness (QED) is 0.700. The normalized spacial score (nSPS) is 16.0. The number of hydrogen-bond donors (Lipinski definition) is 2. The fourth-order valence-corrected chi connectivity index (χ4v) is 4.38. The van der Waals surface area contributed by atoms with E-state index >= 15 is 0 Å². The smallest absolute Gasteiger partial charge is 0.251 e. The maximum absolute atomic E-state index is 12.3. The van der Waals surface area contributed by atoms with Gasteiger partial charge >= 0.3 is 0 Å². The number of fused-ring (bicyclic) bond motifs is 1. The SMILES string of the molecule is CC(C)(C)c1csc(-c2cnn3c(C4CCNCC4)cc(=O)[nH]c23)n1.Cl. The highest BCUT2D eigenvalue weighted by Crippen LogP contribution is 2.32. The van der Waals surface area contributed by atoms with Crippen molar-refractivity contribution in [3.05, 3.63) is 39.4 Å². The molecule has 2 N–H and O–H groups in total. The van der Waals surface area contributed by atoms with Gasteiger partial charge in [0.1, 0.15) is 10.7 Å². The Bertz CT molecular complexity index is 962. The Hall–Kier alpha value is -1.70. The fraction of sp³-hybridized carbons (Fsp3) is 0.500. The second kappa shape index (κ2) is 7.13. The molecular formula is C18H24ClN5OS. The average Bonchev–Trinajstić information content (AvgIpc) is 3.21. The van der Waals surface area contributed by atoms with E-state index in [1.165, 1.54) is 0 Å². The molecule has 3 aromatic rings. The van der Waals surface area contributed by atoms with Crippen LogP contribution in [0.4, 0.5) is 0 Å². The van der Waals surface area contributed by atoms with Gasteiger partial charge in [0.2, 0.25) is 0 Å². The number of thiazole rings is 1. The Morgan fingerprint density at radius 2 is 2.00 bits per heavy atom. The van der Waals surface area contributed by atoms with Gasteiger partial charge in [0.15, 0.2) is 0 Å². The number of H-pyrrole nitrogens is 1. The summed E-state index contributed by atoms with van der Waals surface area (Å²) in [6, 6.07) is 1.70. The summed E-state index contributed by atoms with van der Waals surface area (Å²) in [6.45, 7) is 8.42. The number of hydrogen-bond acceptors (Lipinski definition) is 5. The lowest BCUT2D eigenvalue weighted by atomic mass is 9.93. The molecule has 6 nitrogen and oxygen atoms in total. The lowest BCUT2D eigenvalue weighted by Gasteiger charge is -2.23. The Kier molecular flexibility index (Phi) is 5.23. The summed E-state index contributed by atoms with van der Waals surface area (Å²) in [5, 5.41) is 10.9. The Balaban J connectivity index is 0.00000196. The fourth-order valence-electron chi connectivity index (χ4n) is 3.32. The lowest BCUT2D eigenvalue weighted by Crippen LogP contribution is -2.28. The van der Waals surface area contributed by atoms with Crippen LogP contribution in [0.5, 0.6) is 0 Å². The highest BCUT2D eigenvalue weighted by atomic mass is 35.5. The molecule has 0 amide bonds. The minimum absolute atomic E-state index is 0. The summed E-state index contributed by atoms with van der Waals surface area (Å²) in [6.07, 6.45) is 3.87. The maximum atomic E-state index is 12.3. The Morgan fingerprint density at radius 3 is 2.65 bits per heavy atom. The molecule has 0 aliphatic carbocycles. The predicted octanol–water partition coefficient (Wildman–Crippen LogP) is 3.33. The third-order valence-corrected chi connectivity index (χ3v) is 5.67. The van der Waals surface area contributed by atoms with Crippen LogP contribution in [0.15, 0.2) is 22.4 Å². The number of piperidine rings is 1. The second-order valence-corrected chi connectivity index (χ2v) is 8.55. The molecule has 26 heavy (non-hydrogen) atoms. The van der Waals surface area contributed by atoms with Crippen molar-refractivity contribution in [2.24, 2.45) is 0 Å². The van der Waals surface area contributed by atoms with E-state index in [4.69, 9.17) is 4.98 Å². The van der Waals surface area contributed by atoms with Gasteiger partial charge in [-0.3, -0.25) is 4.79 Å². The van der Waals surface area contributed by atoms with Gasteiger partial charge in [0, 0.05) is 22.8 Å². The van der Waals surface area contributed by atoms with E-state index in [0.29, 0.717) is 5.92 Å². The van der Waals surface area contributed by atoms with E-state index in [9.17, 15) is 4.79 Å². The first-order valence-electron chi connectivity index (χ1n) is 8.71. The molecule has 0 spiro atoms. The molecule has 4 heterocycles. The van der Waals surface area contributed by atoms with E-state index in [1.807, 2.05) is 10.7 Å². The zero-order valence-corrected chi connectivity index (χ0v) is 16.8. The molecule has 4 rings (SSSR count). The lowest BCUT2D eigenvalue weighted by molar-refractivity contribution is 0.446. The van der Waals surface area contributed by atoms with Gasteiger partial charge < -0.3 is 10.3 Å². The summed E-state index contributed by atoms with van der Waals surface area (Å²) in [4.78, 5) is 20.0. The molecule has 3 aromatic heterocycles. The molecule has 0 saturated carbocycles. The molecule has 1 aliphatic rings. The van der Waals surface area contributed by atoms with Crippen LogP contribution in [0.3, 0.4) is 0 Å². The van der Waals surface area contributed by atoms with Crippen LogP contribution in [0, 0.1) is 0 Å². The van der Waals surface area contributed by atoms with Crippen LogP contribution in [-0.4, -0.2) is 32.7 Å². The Labute approximate surface area is 162 Å². The summed E-state index contributed by atoms with van der Waals surface area (Å²) in [5.74, 6) is 0.361. The highest BCUT2D eigenvalue weighted by Gasteiger charge is 2.23. The first kappa shape index (κ1) is 19.1. The van der Waals surface area contributed by atoms with Crippen molar-refractivity contribution in [3.8, 4) is 10.6 Å². The zero-order chi connectivity index (χ0) is 17.6. The van der Waals surface area contributed by atoms with Crippen molar-refractivity contribution in [2.45, 2.75) is 44.9 Å². The van der Waals surface area contributed by atoms with E-state index in [0.717, 1.165) is 53.5 Å². The van der Waals surface area contributed by atoms with Gasteiger partial charge in [-0.15, -0.1) is 23.7 Å². The molecule has 8 heteroatoms. The molecule has 1 aliphatic heterocycles.